The first-order valence-corrected chi connectivity index (χ1v) is 12.2. The van der Waals surface area contributed by atoms with E-state index in [-0.39, 0.29) is 10.4 Å². The highest BCUT2D eigenvalue weighted by molar-refractivity contribution is 8.37. The number of benzene rings is 1. The van der Waals surface area contributed by atoms with E-state index in [9.17, 15) is 4.79 Å². The number of piperidine rings is 2. The number of hydrogen-bond donors (Lipinski definition) is 0. The fourth-order valence-corrected chi connectivity index (χ4v) is 6.92. The lowest BCUT2D eigenvalue weighted by molar-refractivity contribution is 0.101. The van der Waals surface area contributed by atoms with Crippen molar-refractivity contribution < 1.29 is 4.79 Å². The Labute approximate surface area is 181 Å². The molecule has 146 valence electrons. The lowest BCUT2D eigenvalue weighted by atomic mass is 10.1. The first kappa shape index (κ1) is 21.1. The molecule has 7 heteroatoms. The molecule has 1 aromatic carbocycles. The van der Waals surface area contributed by atoms with E-state index >= 15 is 0 Å². The molecule has 0 bridgehead atoms. The molecule has 0 unspecified atom stereocenters. The first-order chi connectivity index (χ1) is 13.1. The summed E-state index contributed by atoms with van der Waals surface area (Å²) in [6.07, 6.45) is 7.25. The molecule has 2 fully saturated rings. The highest BCUT2D eigenvalue weighted by Gasteiger charge is 2.28. The minimum absolute atomic E-state index is 0.101. The highest BCUT2D eigenvalue weighted by Crippen LogP contribution is 2.33. The van der Waals surface area contributed by atoms with Crippen LogP contribution in [0.1, 0.15) is 48.9 Å². The predicted molar refractivity (Wildman–Crippen MR) is 126 cm³/mol. The van der Waals surface area contributed by atoms with Gasteiger partial charge in [0.15, 0.2) is 5.78 Å². The highest BCUT2D eigenvalue weighted by atomic mass is 32.2. The molecule has 27 heavy (non-hydrogen) atoms. The van der Waals surface area contributed by atoms with Gasteiger partial charge in [-0.3, -0.25) is 4.79 Å². The molecule has 0 aliphatic carbocycles. The Morgan fingerprint density at radius 3 is 1.67 bits per heavy atom. The minimum atomic E-state index is -0.323. The Balaban J connectivity index is 1.70. The van der Waals surface area contributed by atoms with Crippen LogP contribution in [0.2, 0.25) is 0 Å². The number of nitrogens with zero attached hydrogens (tertiary/aromatic N) is 2. The van der Waals surface area contributed by atoms with Crippen molar-refractivity contribution in [1.29, 1.82) is 0 Å². The number of thioether (sulfide) groups is 2. The smallest absolute Gasteiger partial charge is 0.186 e. The maximum Gasteiger partial charge on any atom is 0.186 e. The summed E-state index contributed by atoms with van der Waals surface area (Å²) in [5.41, 5.74) is 0.727. The second kappa shape index (κ2) is 10.8. The molecule has 2 heterocycles. The van der Waals surface area contributed by atoms with Crippen LogP contribution in [0.4, 0.5) is 0 Å². The standard InChI is InChI=1S/C20H26N2OS4/c23-17(16-10-4-1-5-11-16)18(26-19(24)21-12-6-2-7-13-21)27-20(25)22-14-8-3-9-15-22/h1,4-5,10-11,18H,2-3,6-9,12-15H2. The Morgan fingerprint density at radius 2 is 1.22 bits per heavy atom. The molecule has 2 saturated heterocycles. The third kappa shape index (κ3) is 6.17. The van der Waals surface area contributed by atoms with Gasteiger partial charge < -0.3 is 9.80 Å². The molecule has 3 nitrogen and oxygen atoms in total. The molecule has 0 amide bonds. The van der Waals surface area contributed by atoms with Gasteiger partial charge in [-0.05, 0) is 38.5 Å². The summed E-state index contributed by atoms with van der Waals surface area (Å²) in [4.78, 5) is 17.7. The zero-order chi connectivity index (χ0) is 19.1. The second-order valence-electron chi connectivity index (χ2n) is 6.93. The van der Waals surface area contributed by atoms with Gasteiger partial charge in [-0.1, -0.05) is 78.3 Å². The van der Waals surface area contributed by atoms with Crippen LogP contribution in [0.3, 0.4) is 0 Å². The number of likely N-dealkylation sites (tertiary alicyclic amines) is 2. The summed E-state index contributed by atoms with van der Waals surface area (Å²) >= 11 is 14.4. The molecule has 2 aliphatic rings. The Kier molecular flexibility index (Phi) is 8.43. The lowest BCUT2D eigenvalue weighted by Crippen LogP contribution is -2.36. The fraction of sp³-hybridized carbons (Fsp3) is 0.550. The predicted octanol–water partition coefficient (Wildman–Crippen LogP) is 5.20. The summed E-state index contributed by atoms with van der Waals surface area (Å²) < 4.78 is 1.34. The molecule has 0 N–H and O–H groups in total. The van der Waals surface area contributed by atoms with Crippen molar-refractivity contribution in [2.45, 2.75) is 43.1 Å². The van der Waals surface area contributed by atoms with E-state index in [4.69, 9.17) is 24.4 Å². The van der Waals surface area contributed by atoms with E-state index in [1.54, 1.807) is 0 Å². The van der Waals surface area contributed by atoms with E-state index in [0.29, 0.717) is 0 Å². The Hall–Kier alpha value is -0.630. The van der Waals surface area contributed by atoms with Crippen molar-refractivity contribution in [3.05, 3.63) is 35.9 Å². The number of rotatable bonds is 4. The van der Waals surface area contributed by atoms with Gasteiger partial charge in [0, 0.05) is 31.7 Å². The van der Waals surface area contributed by atoms with Crippen molar-refractivity contribution in [1.82, 2.24) is 9.80 Å². The molecular formula is C20H26N2OS4. The second-order valence-corrected chi connectivity index (χ2v) is 10.7. The van der Waals surface area contributed by atoms with Crippen LogP contribution in [-0.4, -0.2) is 55.0 Å². The van der Waals surface area contributed by atoms with Crippen LogP contribution in [0, 0.1) is 0 Å². The molecular weight excluding hydrogens is 413 g/mol. The zero-order valence-corrected chi connectivity index (χ0v) is 18.7. The number of ketones is 1. The first-order valence-electron chi connectivity index (χ1n) is 9.65. The van der Waals surface area contributed by atoms with Crippen molar-refractivity contribution in [2.24, 2.45) is 0 Å². The number of carbonyl (C=O) groups is 1. The molecule has 0 saturated carbocycles. The lowest BCUT2D eigenvalue weighted by Gasteiger charge is -2.32. The molecule has 3 rings (SSSR count). The summed E-state index contributed by atoms with van der Waals surface area (Å²) in [6.45, 7) is 4.00. The molecule has 1 aromatic rings. The number of hydrogen-bond acceptors (Lipinski definition) is 5. The van der Waals surface area contributed by atoms with Gasteiger partial charge in [0.1, 0.15) is 13.2 Å². The van der Waals surface area contributed by atoms with Gasteiger partial charge in [0.05, 0.1) is 0 Å². The van der Waals surface area contributed by atoms with Gasteiger partial charge in [-0.15, -0.1) is 0 Å². The van der Waals surface area contributed by atoms with Crippen molar-refractivity contribution in [3.8, 4) is 0 Å². The quantitative estimate of drug-likeness (QED) is 0.361. The number of Topliss-reactive ketones (excluding diaryl/α,β-unsaturated/α-hetero) is 1. The summed E-state index contributed by atoms with van der Waals surface area (Å²) in [5, 5.41) is 0. The van der Waals surface area contributed by atoms with E-state index < -0.39 is 0 Å². The average molecular weight is 439 g/mol. The van der Waals surface area contributed by atoms with Crippen LogP contribution in [-0.2, 0) is 0 Å². The largest absolute Gasteiger partial charge is 0.357 e. The van der Waals surface area contributed by atoms with Gasteiger partial charge in [-0.2, -0.15) is 0 Å². The molecule has 0 atom stereocenters. The van der Waals surface area contributed by atoms with Gasteiger partial charge >= 0.3 is 0 Å². The Bertz CT molecular complexity index is 623. The summed E-state index contributed by atoms with van der Waals surface area (Å²) in [7, 11) is 0. The monoisotopic (exact) mass is 438 g/mol. The summed E-state index contributed by atoms with van der Waals surface area (Å²) in [6, 6.07) is 9.51. The maximum absolute atomic E-state index is 13.2. The van der Waals surface area contributed by atoms with Gasteiger partial charge in [0.2, 0.25) is 0 Å². The van der Waals surface area contributed by atoms with Gasteiger partial charge in [-0.25, -0.2) is 0 Å². The van der Waals surface area contributed by atoms with Crippen LogP contribution >= 0.6 is 48.0 Å². The van der Waals surface area contributed by atoms with Crippen molar-refractivity contribution in [3.63, 3.8) is 0 Å². The fourth-order valence-electron chi connectivity index (χ4n) is 3.35. The van der Waals surface area contributed by atoms with Crippen LogP contribution in [0.5, 0.6) is 0 Å². The molecule has 2 aliphatic heterocycles. The molecule has 0 aromatic heterocycles. The number of thiocarbonyl (C=S) groups is 2. The molecule has 0 spiro atoms. The Morgan fingerprint density at radius 1 is 0.778 bits per heavy atom. The third-order valence-corrected chi connectivity index (χ3v) is 8.36. The molecule has 0 radical (unpaired) electrons. The van der Waals surface area contributed by atoms with Crippen LogP contribution in [0.25, 0.3) is 0 Å². The third-order valence-electron chi connectivity index (χ3n) is 4.92. The minimum Gasteiger partial charge on any atom is -0.357 e. The SMILES string of the molecule is O=C(c1ccccc1)C(SC(=S)N1CCCCC1)SC(=S)N1CCCCC1. The number of carbonyl (C=O) groups excluding carboxylic acids is 1. The van der Waals surface area contributed by atoms with E-state index in [1.807, 2.05) is 30.3 Å². The summed E-state index contributed by atoms with van der Waals surface area (Å²) in [5.74, 6) is 0.101. The average Bonchev–Trinajstić information content (AvgIpc) is 2.74. The van der Waals surface area contributed by atoms with Crippen LogP contribution < -0.4 is 0 Å². The van der Waals surface area contributed by atoms with E-state index in [2.05, 4.69) is 9.80 Å². The topological polar surface area (TPSA) is 23.6 Å². The van der Waals surface area contributed by atoms with Crippen LogP contribution in [0.15, 0.2) is 30.3 Å². The van der Waals surface area contributed by atoms with Crippen molar-refractivity contribution >= 4 is 62.4 Å². The zero-order valence-electron chi connectivity index (χ0n) is 15.5. The van der Waals surface area contributed by atoms with Crippen molar-refractivity contribution in [2.75, 3.05) is 26.2 Å². The van der Waals surface area contributed by atoms with Gasteiger partial charge in [0.25, 0.3) is 0 Å². The van der Waals surface area contributed by atoms with E-state index in [0.717, 1.165) is 40.4 Å². The van der Waals surface area contributed by atoms with E-state index in [1.165, 1.54) is 62.0 Å². The maximum atomic E-state index is 13.2. The normalized spacial score (nSPS) is 17.8.